The second kappa shape index (κ2) is 10.0. The molecule has 0 fully saturated rings. The fourth-order valence-corrected chi connectivity index (χ4v) is 3.57. The van der Waals surface area contributed by atoms with Gasteiger partial charge in [0, 0.05) is 18.5 Å². The van der Waals surface area contributed by atoms with Crippen LogP contribution in [-0.4, -0.2) is 47.1 Å². The maximum atomic E-state index is 12.4. The summed E-state index contributed by atoms with van der Waals surface area (Å²) in [4.78, 5) is 24.0. The van der Waals surface area contributed by atoms with E-state index in [2.05, 4.69) is 15.4 Å². The van der Waals surface area contributed by atoms with E-state index in [1.807, 2.05) is 0 Å². The van der Waals surface area contributed by atoms with Gasteiger partial charge in [0.05, 0.1) is 18.0 Å². The molecule has 0 heterocycles. The fraction of sp³-hybridized carbons (Fsp3) is 0.263. The first-order chi connectivity index (χ1) is 13.7. The van der Waals surface area contributed by atoms with Gasteiger partial charge in [0.25, 0.3) is 0 Å². The molecule has 0 bridgehead atoms. The molecule has 0 saturated heterocycles. The minimum atomic E-state index is -3.89. The highest BCUT2D eigenvalue weighted by atomic mass is 32.2. The van der Waals surface area contributed by atoms with Gasteiger partial charge in [-0.3, -0.25) is 9.59 Å². The van der Waals surface area contributed by atoms with Crippen molar-refractivity contribution in [3.05, 3.63) is 48.5 Å². The smallest absolute Gasteiger partial charge is 0.250 e. The van der Waals surface area contributed by atoms with Gasteiger partial charge in [-0.25, -0.2) is 8.42 Å². The summed E-state index contributed by atoms with van der Waals surface area (Å²) in [6.07, 6.45) is 0. The third kappa shape index (κ3) is 6.56. The molecule has 1 atom stereocenters. The number of nitrogens with one attached hydrogen (secondary N) is 3. The van der Waals surface area contributed by atoms with Gasteiger partial charge in [-0.15, -0.1) is 0 Å². The number of anilines is 2. The standard InChI is InChI=1S/C19H23N3O6S/c1-13(22-29(25,26)17-9-7-16(28-3)8-10-17)19(24)21-15-6-4-5-14(11-15)20-18(23)12-27-2/h4-11,13,22H,12H2,1-3H3,(H,20,23)(H,21,24)/t13-/m0/s1. The Balaban J connectivity index is 2.02. The van der Waals surface area contributed by atoms with Crippen LogP contribution in [0.1, 0.15) is 6.92 Å². The number of ether oxygens (including phenoxy) is 2. The first kappa shape index (κ1) is 22.3. The lowest BCUT2D eigenvalue weighted by atomic mass is 10.2. The summed E-state index contributed by atoms with van der Waals surface area (Å²) in [7, 11) is -1.00. The molecular weight excluding hydrogens is 398 g/mol. The van der Waals surface area contributed by atoms with Crippen molar-refractivity contribution in [1.82, 2.24) is 4.72 Å². The van der Waals surface area contributed by atoms with Gasteiger partial charge < -0.3 is 20.1 Å². The molecule has 0 unspecified atom stereocenters. The van der Waals surface area contributed by atoms with Gasteiger partial charge in [-0.05, 0) is 49.4 Å². The van der Waals surface area contributed by atoms with Crippen LogP contribution in [0, 0.1) is 0 Å². The van der Waals surface area contributed by atoms with Crippen LogP contribution in [0.3, 0.4) is 0 Å². The van der Waals surface area contributed by atoms with Crippen LogP contribution in [-0.2, 0) is 24.3 Å². The number of amides is 2. The number of carbonyl (C=O) groups excluding carboxylic acids is 2. The van der Waals surface area contributed by atoms with E-state index >= 15 is 0 Å². The molecular formula is C19H23N3O6S. The average Bonchev–Trinajstić information content (AvgIpc) is 2.68. The predicted octanol–water partition coefficient (Wildman–Crippen LogP) is 1.59. The lowest BCUT2D eigenvalue weighted by Gasteiger charge is -2.15. The summed E-state index contributed by atoms with van der Waals surface area (Å²) >= 11 is 0. The van der Waals surface area contributed by atoms with E-state index in [0.717, 1.165) is 0 Å². The van der Waals surface area contributed by atoms with Crippen molar-refractivity contribution in [2.24, 2.45) is 0 Å². The number of sulfonamides is 1. The van der Waals surface area contributed by atoms with E-state index in [4.69, 9.17) is 9.47 Å². The number of hydrogen-bond acceptors (Lipinski definition) is 6. The van der Waals surface area contributed by atoms with E-state index < -0.39 is 22.0 Å². The molecule has 2 aromatic carbocycles. The van der Waals surface area contributed by atoms with Crippen LogP contribution in [0.2, 0.25) is 0 Å². The molecule has 2 amide bonds. The van der Waals surface area contributed by atoms with Crippen molar-refractivity contribution in [2.75, 3.05) is 31.5 Å². The lowest BCUT2D eigenvalue weighted by Crippen LogP contribution is -2.41. The van der Waals surface area contributed by atoms with E-state index in [0.29, 0.717) is 17.1 Å². The van der Waals surface area contributed by atoms with Crippen LogP contribution >= 0.6 is 0 Å². The molecule has 0 aliphatic rings. The SMILES string of the molecule is COCC(=O)Nc1cccc(NC(=O)[C@H](C)NS(=O)(=O)c2ccc(OC)cc2)c1. The zero-order valence-corrected chi connectivity index (χ0v) is 17.1. The molecule has 0 aromatic heterocycles. The van der Waals surface area contributed by atoms with E-state index in [-0.39, 0.29) is 17.4 Å². The first-order valence-electron chi connectivity index (χ1n) is 8.61. The molecule has 3 N–H and O–H groups in total. The van der Waals surface area contributed by atoms with Gasteiger partial charge in [0.1, 0.15) is 12.4 Å². The highest BCUT2D eigenvalue weighted by Gasteiger charge is 2.22. The van der Waals surface area contributed by atoms with Crippen LogP contribution in [0.5, 0.6) is 5.75 Å². The summed E-state index contributed by atoms with van der Waals surface area (Å²) in [5.74, 6) is -0.369. The number of methoxy groups -OCH3 is 2. The fourth-order valence-electron chi connectivity index (χ4n) is 2.36. The van der Waals surface area contributed by atoms with Crippen LogP contribution in [0.4, 0.5) is 11.4 Å². The van der Waals surface area contributed by atoms with Crippen molar-refractivity contribution < 1.29 is 27.5 Å². The highest BCUT2D eigenvalue weighted by molar-refractivity contribution is 7.89. The number of rotatable bonds is 9. The molecule has 0 saturated carbocycles. The number of hydrogen-bond donors (Lipinski definition) is 3. The van der Waals surface area contributed by atoms with E-state index in [1.165, 1.54) is 45.4 Å². The van der Waals surface area contributed by atoms with Crippen molar-refractivity contribution in [3.63, 3.8) is 0 Å². The molecule has 10 heteroatoms. The van der Waals surface area contributed by atoms with Gasteiger partial charge in [0.15, 0.2) is 0 Å². The molecule has 0 aliphatic carbocycles. The number of benzene rings is 2. The van der Waals surface area contributed by atoms with Gasteiger partial charge >= 0.3 is 0 Å². The minimum Gasteiger partial charge on any atom is -0.497 e. The quantitative estimate of drug-likeness (QED) is 0.565. The summed E-state index contributed by atoms with van der Waals surface area (Å²) in [5.41, 5.74) is 0.872. The minimum absolute atomic E-state index is 0.0146. The Labute approximate surface area is 169 Å². The van der Waals surface area contributed by atoms with Gasteiger partial charge in [-0.2, -0.15) is 4.72 Å². The van der Waals surface area contributed by atoms with Gasteiger partial charge in [0.2, 0.25) is 21.8 Å². The third-order valence-electron chi connectivity index (χ3n) is 3.78. The first-order valence-corrected chi connectivity index (χ1v) is 10.1. The van der Waals surface area contributed by atoms with Crippen LogP contribution in [0.15, 0.2) is 53.4 Å². The molecule has 29 heavy (non-hydrogen) atoms. The topological polar surface area (TPSA) is 123 Å². The largest absolute Gasteiger partial charge is 0.497 e. The van der Waals surface area contributed by atoms with Crippen molar-refractivity contribution in [3.8, 4) is 5.75 Å². The second-order valence-corrected chi connectivity index (χ2v) is 7.78. The maximum Gasteiger partial charge on any atom is 0.250 e. The molecule has 156 valence electrons. The molecule has 0 spiro atoms. The van der Waals surface area contributed by atoms with Crippen LogP contribution in [0.25, 0.3) is 0 Å². The van der Waals surface area contributed by atoms with Crippen molar-refractivity contribution >= 4 is 33.2 Å². The summed E-state index contributed by atoms with van der Waals surface area (Å²) in [5, 5.41) is 5.23. The molecule has 9 nitrogen and oxygen atoms in total. The Morgan fingerprint density at radius 1 is 1.00 bits per heavy atom. The Morgan fingerprint density at radius 3 is 2.21 bits per heavy atom. The molecule has 2 rings (SSSR count). The van der Waals surface area contributed by atoms with E-state index in [9.17, 15) is 18.0 Å². The molecule has 2 aromatic rings. The summed E-state index contributed by atoms with van der Waals surface area (Å²) < 4.78 is 37.0. The number of carbonyl (C=O) groups is 2. The average molecular weight is 421 g/mol. The third-order valence-corrected chi connectivity index (χ3v) is 5.34. The Hall–Kier alpha value is -2.95. The monoisotopic (exact) mass is 421 g/mol. The normalized spacial score (nSPS) is 12.1. The van der Waals surface area contributed by atoms with E-state index in [1.54, 1.807) is 24.3 Å². The zero-order chi connectivity index (χ0) is 21.4. The second-order valence-electron chi connectivity index (χ2n) is 6.07. The Bertz CT molecular complexity index is 960. The van der Waals surface area contributed by atoms with Gasteiger partial charge in [-0.1, -0.05) is 6.07 Å². The Kier molecular flexibility index (Phi) is 7.71. The predicted molar refractivity (Wildman–Crippen MR) is 108 cm³/mol. The Morgan fingerprint density at radius 2 is 1.62 bits per heavy atom. The maximum absolute atomic E-state index is 12.4. The highest BCUT2D eigenvalue weighted by Crippen LogP contribution is 2.17. The lowest BCUT2D eigenvalue weighted by molar-refractivity contribution is -0.119. The van der Waals surface area contributed by atoms with Crippen molar-refractivity contribution in [2.45, 2.75) is 17.9 Å². The molecule has 0 radical (unpaired) electrons. The van der Waals surface area contributed by atoms with Crippen molar-refractivity contribution in [1.29, 1.82) is 0 Å². The summed E-state index contributed by atoms with van der Waals surface area (Å²) in [6.45, 7) is 1.33. The summed E-state index contributed by atoms with van der Waals surface area (Å²) in [6, 6.07) is 11.2. The zero-order valence-electron chi connectivity index (χ0n) is 16.3. The van der Waals surface area contributed by atoms with Crippen LogP contribution < -0.4 is 20.1 Å². The molecule has 0 aliphatic heterocycles.